The molecule has 1 rings (SSSR count). The predicted molar refractivity (Wildman–Crippen MR) is 51.5 cm³/mol. The van der Waals surface area contributed by atoms with Crippen LogP contribution in [0.25, 0.3) is 0 Å². The molecule has 0 aliphatic rings. The molecular weight excluding hydrogens is 178 g/mol. The van der Waals surface area contributed by atoms with Gasteiger partial charge in [-0.15, -0.1) is 0 Å². The molecule has 4 nitrogen and oxygen atoms in total. The quantitative estimate of drug-likeness (QED) is 0.652. The van der Waals surface area contributed by atoms with Crippen LogP contribution in [0, 0.1) is 18.3 Å². The molecule has 0 N–H and O–H groups in total. The van der Waals surface area contributed by atoms with Crippen LogP contribution in [0.15, 0.2) is 18.3 Å². The van der Waals surface area contributed by atoms with Crippen molar-refractivity contribution >= 4 is 5.91 Å². The molecule has 0 atom stereocenters. The Morgan fingerprint density at radius 3 is 3.00 bits per heavy atom. The molecule has 1 amide bonds. The van der Waals surface area contributed by atoms with Gasteiger partial charge in [-0.1, -0.05) is 0 Å². The molecule has 0 aromatic carbocycles. The summed E-state index contributed by atoms with van der Waals surface area (Å²) in [6, 6.07) is 5.27. The Morgan fingerprint density at radius 1 is 1.71 bits per heavy atom. The molecule has 0 bridgehead atoms. The minimum absolute atomic E-state index is 0.0974. The van der Waals surface area contributed by atoms with Crippen LogP contribution >= 0.6 is 0 Å². The lowest BCUT2D eigenvalue weighted by Gasteiger charge is -2.12. The van der Waals surface area contributed by atoms with Gasteiger partial charge >= 0.3 is 0 Å². The van der Waals surface area contributed by atoms with Crippen LogP contribution in [-0.4, -0.2) is 29.4 Å². The van der Waals surface area contributed by atoms with Gasteiger partial charge in [0.1, 0.15) is 6.54 Å². The van der Waals surface area contributed by atoms with Crippen LogP contribution in [0.5, 0.6) is 0 Å². The second kappa shape index (κ2) is 4.38. The molecular formula is C10H11N3O. The van der Waals surface area contributed by atoms with Gasteiger partial charge in [-0.3, -0.25) is 9.78 Å². The number of amides is 1. The van der Waals surface area contributed by atoms with Gasteiger partial charge in [0.25, 0.3) is 5.91 Å². The maximum atomic E-state index is 11.6. The molecule has 0 unspecified atom stereocenters. The van der Waals surface area contributed by atoms with E-state index < -0.39 is 0 Å². The summed E-state index contributed by atoms with van der Waals surface area (Å²) in [5.74, 6) is -0.156. The summed E-state index contributed by atoms with van der Waals surface area (Å²) in [5, 5.41) is 8.43. The van der Waals surface area contributed by atoms with Crippen molar-refractivity contribution in [2.45, 2.75) is 6.92 Å². The Hall–Kier alpha value is -1.89. The summed E-state index contributed by atoms with van der Waals surface area (Å²) in [5.41, 5.74) is 1.36. The van der Waals surface area contributed by atoms with Crippen molar-refractivity contribution in [3.05, 3.63) is 29.6 Å². The maximum Gasteiger partial charge on any atom is 0.254 e. The second-order valence-electron chi connectivity index (χ2n) is 3.01. The topological polar surface area (TPSA) is 57.0 Å². The van der Waals surface area contributed by atoms with E-state index in [1.165, 1.54) is 4.90 Å². The summed E-state index contributed by atoms with van der Waals surface area (Å²) in [4.78, 5) is 17.0. The van der Waals surface area contributed by atoms with Crippen LogP contribution < -0.4 is 0 Å². The van der Waals surface area contributed by atoms with Crippen LogP contribution in [0.4, 0.5) is 0 Å². The van der Waals surface area contributed by atoms with Crippen molar-refractivity contribution in [3.63, 3.8) is 0 Å². The highest BCUT2D eigenvalue weighted by atomic mass is 16.2. The Bertz CT molecular complexity index is 381. The third-order valence-electron chi connectivity index (χ3n) is 1.80. The number of aromatic nitrogens is 1. The highest BCUT2D eigenvalue weighted by molar-refractivity contribution is 5.94. The third-order valence-corrected chi connectivity index (χ3v) is 1.80. The highest BCUT2D eigenvalue weighted by Crippen LogP contribution is 2.03. The number of pyridine rings is 1. The largest absolute Gasteiger partial charge is 0.328 e. The average molecular weight is 189 g/mol. The fraction of sp³-hybridized carbons (Fsp3) is 0.300. The monoisotopic (exact) mass is 189 g/mol. The number of nitriles is 1. The predicted octanol–water partition coefficient (Wildman–Crippen LogP) is 0.986. The molecule has 0 saturated heterocycles. The van der Waals surface area contributed by atoms with E-state index in [2.05, 4.69) is 4.98 Å². The second-order valence-corrected chi connectivity index (χ2v) is 3.01. The van der Waals surface area contributed by atoms with E-state index in [1.807, 2.05) is 13.0 Å². The molecule has 0 radical (unpaired) electrons. The molecule has 0 aliphatic heterocycles. The molecule has 0 saturated carbocycles. The van der Waals surface area contributed by atoms with Crippen molar-refractivity contribution in [1.29, 1.82) is 5.26 Å². The first-order valence-electron chi connectivity index (χ1n) is 4.20. The Balaban J connectivity index is 2.85. The zero-order valence-electron chi connectivity index (χ0n) is 8.19. The number of carbonyl (C=O) groups is 1. The summed E-state index contributed by atoms with van der Waals surface area (Å²) in [6.07, 6.45) is 1.59. The minimum Gasteiger partial charge on any atom is -0.328 e. The van der Waals surface area contributed by atoms with Crippen LogP contribution in [0.3, 0.4) is 0 Å². The van der Waals surface area contributed by atoms with E-state index in [4.69, 9.17) is 5.26 Å². The smallest absolute Gasteiger partial charge is 0.254 e. The number of nitrogens with zero attached hydrogens (tertiary/aromatic N) is 3. The van der Waals surface area contributed by atoms with E-state index in [0.29, 0.717) is 5.56 Å². The van der Waals surface area contributed by atoms with Crippen LogP contribution in [0.1, 0.15) is 16.1 Å². The fourth-order valence-corrected chi connectivity index (χ4v) is 1.08. The summed E-state index contributed by atoms with van der Waals surface area (Å²) >= 11 is 0. The number of hydrogen-bond donors (Lipinski definition) is 0. The van der Waals surface area contributed by atoms with Crippen molar-refractivity contribution in [1.82, 2.24) is 9.88 Å². The van der Waals surface area contributed by atoms with Gasteiger partial charge in [0, 0.05) is 24.5 Å². The van der Waals surface area contributed by atoms with Crippen molar-refractivity contribution in [2.75, 3.05) is 13.6 Å². The first kappa shape index (κ1) is 10.2. The summed E-state index contributed by atoms with van der Waals surface area (Å²) in [6.45, 7) is 1.92. The SMILES string of the molecule is Cc1cc(C(=O)N(C)CC#N)ccn1. The van der Waals surface area contributed by atoms with Crippen molar-refractivity contribution in [2.24, 2.45) is 0 Å². The molecule has 72 valence electrons. The zero-order chi connectivity index (χ0) is 10.6. The molecule has 14 heavy (non-hydrogen) atoms. The lowest BCUT2D eigenvalue weighted by atomic mass is 10.2. The van der Waals surface area contributed by atoms with Crippen LogP contribution in [-0.2, 0) is 0 Å². The normalized spacial score (nSPS) is 9.21. The zero-order valence-corrected chi connectivity index (χ0v) is 8.19. The van der Waals surface area contributed by atoms with E-state index >= 15 is 0 Å². The summed E-state index contributed by atoms with van der Waals surface area (Å²) in [7, 11) is 1.60. The van der Waals surface area contributed by atoms with Crippen molar-refractivity contribution < 1.29 is 4.79 Å². The molecule has 1 heterocycles. The van der Waals surface area contributed by atoms with Gasteiger partial charge in [0.2, 0.25) is 0 Å². The van der Waals surface area contributed by atoms with Gasteiger partial charge in [0.15, 0.2) is 0 Å². The number of hydrogen-bond acceptors (Lipinski definition) is 3. The first-order valence-corrected chi connectivity index (χ1v) is 4.20. The molecule has 1 aromatic heterocycles. The van der Waals surface area contributed by atoms with Gasteiger partial charge in [-0.05, 0) is 19.1 Å². The van der Waals surface area contributed by atoms with E-state index in [0.717, 1.165) is 5.69 Å². The lowest BCUT2D eigenvalue weighted by Crippen LogP contribution is -2.26. The van der Waals surface area contributed by atoms with Gasteiger partial charge in [-0.2, -0.15) is 5.26 Å². The van der Waals surface area contributed by atoms with Gasteiger partial charge in [0.05, 0.1) is 6.07 Å². The van der Waals surface area contributed by atoms with Gasteiger partial charge in [-0.25, -0.2) is 0 Å². The standard InChI is InChI=1S/C10H11N3O/c1-8-7-9(3-5-12-8)10(14)13(2)6-4-11/h3,5,7H,6H2,1-2H3. The molecule has 1 aromatic rings. The molecule has 0 fully saturated rings. The van der Waals surface area contributed by atoms with E-state index in [-0.39, 0.29) is 12.5 Å². The average Bonchev–Trinajstić information content (AvgIpc) is 2.17. The summed E-state index contributed by atoms with van der Waals surface area (Å²) < 4.78 is 0. The number of rotatable bonds is 2. The molecule has 0 spiro atoms. The third kappa shape index (κ3) is 2.30. The Morgan fingerprint density at radius 2 is 2.43 bits per heavy atom. The number of carbonyl (C=O) groups excluding carboxylic acids is 1. The molecule has 4 heteroatoms. The van der Waals surface area contributed by atoms with Crippen molar-refractivity contribution in [3.8, 4) is 6.07 Å². The van der Waals surface area contributed by atoms with Gasteiger partial charge < -0.3 is 4.90 Å². The van der Waals surface area contributed by atoms with E-state index in [9.17, 15) is 4.79 Å². The van der Waals surface area contributed by atoms with Crippen LogP contribution in [0.2, 0.25) is 0 Å². The minimum atomic E-state index is -0.156. The Labute approximate surface area is 82.8 Å². The fourth-order valence-electron chi connectivity index (χ4n) is 1.08. The maximum absolute atomic E-state index is 11.6. The Kier molecular flexibility index (Phi) is 3.19. The first-order chi connectivity index (χ1) is 6.65. The lowest BCUT2D eigenvalue weighted by molar-refractivity contribution is 0.0811. The van der Waals surface area contributed by atoms with E-state index in [1.54, 1.807) is 25.4 Å². The number of aryl methyl sites for hydroxylation is 1. The molecule has 0 aliphatic carbocycles. The highest BCUT2D eigenvalue weighted by Gasteiger charge is 2.10.